The molecule has 1 aromatic carbocycles. The van der Waals surface area contributed by atoms with Crippen LogP contribution in [0, 0.1) is 0 Å². The van der Waals surface area contributed by atoms with Crippen LogP contribution in [0.1, 0.15) is 5.69 Å². The first kappa shape index (κ1) is 13.5. The summed E-state index contributed by atoms with van der Waals surface area (Å²) in [5.74, 6) is 0. The molecule has 118 valence electrons. The molecule has 0 aliphatic carbocycles. The standard InChI is InChI=1S/C19H16N4O/c1-2-17-14(5-10-24-17)11-15(1)19-18(13-3-6-20-7-4-13)16-12-21-8-9-23(16)22-19/h1-7,10-11,21H,8-9,12H2. The second-order valence-electron chi connectivity index (χ2n) is 5.98. The van der Waals surface area contributed by atoms with Crippen molar-refractivity contribution in [2.45, 2.75) is 13.1 Å². The minimum absolute atomic E-state index is 0.832. The molecule has 5 heteroatoms. The molecule has 4 heterocycles. The van der Waals surface area contributed by atoms with Crippen LogP contribution in [0.25, 0.3) is 33.4 Å². The van der Waals surface area contributed by atoms with Crippen LogP contribution < -0.4 is 5.32 Å². The number of rotatable bonds is 2. The van der Waals surface area contributed by atoms with E-state index < -0.39 is 0 Å². The largest absolute Gasteiger partial charge is 0.464 e. The van der Waals surface area contributed by atoms with Gasteiger partial charge in [-0.15, -0.1) is 0 Å². The van der Waals surface area contributed by atoms with Crippen LogP contribution in [0.2, 0.25) is 0 Å². The predicted octanol–water partition coefficient (Wildman–Crippen LogP) is 3.46. The van der Waals surface area contributed by atoms with Crippen molar-refractivity contribution in [3.63, 3.8) is 0 Å². The molecule has 1 aliphatic rings. The molecule has 4 aromatic rings. The highest BCUT2D eigenvalue weighted by Gasteiger charge is 2.22. The van der Waals surface area contributed by atoms with E-state index in [-0.39, 0.29) is 0 Å². The minimum Gasteiger partial charge on any atom is -0.464 e. The lowest BCUT2D eigenvalue weighted by Gasteiger charge is -2.16. The molecule has 0 amide bonds. The van der Waals surface area contributed by atoms with Crippen LogP contribution in [-0.2, 0) is 13.1 Å². The summed E-state index contributed by atoms with van der Waals surface area (Å²) in [4.78, 5) is 4.15. The quantitative estimate of drug-likeness (QED) is 0.615. The zero-order valence-electron chi connectivity index (χ0n) is 13.1. The van der Waals surface area contributed by atoms with Crippen molar-refractivity contribution in [1.82, 2.24) is 20.1 Å². The molecule has 0 saturated carbocycles. The van der Waals surface area contributed by atoms with E-state index in [1.54, 1.807) is 6.26 Å². The fourth-order valence-corrected chi connectivity index (χ4v) is 3.39. The number of hydrogen-bond donors (Lipinski definition) is 1. The van der Waals surface area contributed by atoms with Gasteiger partial charge in [0.1, 0.15) is 11.3 Å². The zero-order chi connectivity index (χ0) is 15.9. The van der Waals surface area contributed by atoms with E-state index in [9.17, 15) is 0 Å². The maximum atomic E-state index is 5.46. The summed E-state index contributed by atoms with van der Waals surface area (Å²) in [6.07, 6.45) is 5.39. The number of aromatic nitrogens is 3. The monoisotopic (exact) mass is 316 g/mol. The van der Waals surface area contributed by atoms with Gasteiger partial charge in [-0.2, -0.15) is 5.10 Å². The van der Waals surface area contributed by atoms with Gasteiger partial charge in [-0.1, -0.05) is 0 Å². The van der Waals surface area contributed by atoms with Gasteiger partial charge >= 0.3 is 0 Å². The van der Waals surface area contributed by atoms with Gasteiger partial charge in [0.05, 0.1) is 18.5 Å². The molecule has 0 radical (unpaired) electrons. The summed E-state index contributed by atoms with van der Waals surface area (Å²) < 4.78 is 7.59. The SMILES string of the molecule is c1cc(-c2c(-c3ccc4occc4c3)nn3c2CNCC3)ccn1. The third-order valence-corrected chi connectivity index (χ3v) is 4.55. The van der Waals surface area contributed by atoms with Gasteiger partial charge in [-0.05, 0) is 42.0 Å². The fourth-order valence-electron chi connectivity index (χ4n) is 3.39. The summed E-state index contributed by atoms with van der Waals surface area (Å²) in [7, 11) is 0. The number of hydrogen-bond acceptors (Lipinski definition) is 4. The van der Waals surface area contributed by atoms with Crippen molar-refractivity contribution in [1.29, 1.82) is 0 Å². The topological polar surface area (TPSA) is 55.9 Å². The molecule has 0 saturated heterocycles. The van der Waals surface area contributed by atoms with Crippen molar-refractivity contribution in [3.8, 4) is 22.4 Å². The van der Waals surface area contributed by atoms with E-state index in [4.69, 9.17) is 9.52 Å². The van der Waals surface area contributed by atoms with Gasteiger partial charge in [0.2, 0.25) is 0 Å². The van der Waals surface area contributed by atoms with Gasteiger partial charge in [-0.25, -0.2) is 0 Å². The smallest absolute Gasteiger partial charge is 0.133 e. The van der Waals surface area contributed by atoms with Crippen molar-refractivity contribution in [3.05, 3.63) is 60.7 Å². The normalized spacial score (nSPS) is 14.0. The fraction of sp³-hybridized carbons (Fsp3) is 0.158. The second kappa shape index (κ2) is 5.32. The molecule has 0 atom stereocenters. The first-order chi connectivity index (χ1) is 11.9. The molecule has 0 fully saturated rings. The van der Waals surface area contributed by atoms with Crippen LogP contribution in [0.15, 0.2) is 59.5 Å². The van der Waals surface area contributed by atoms with E-state index in [1.807, 2.05) is 36.7 Å². The summed E-state index contributed by atoms with van der Waals surface area (Å²) in [5, 5.41) is 9.46. The highest BCUT2D eigenvalue weighted by molar-refractivity contribution is 5.88. The maximum absolute atomic E-state index is 5.46. The second-order valence-corrected chi connectivity index (χ2v) is 5.98. The highest BCUT2D eigenvalue weighted by atomic mass is 16.3. The van der Waals surface area contributed by atoms with Crippen LogP contribution in [0.5, 0.6) is 0 Å². The van der Waals surface area contributed by atoms with Crippen molar-refractivity contribution in [2.75, 3.05) is 6.54 Å². The Bertz CT molecular complexity index is 1020. The maximum Gasteiger partial charge on any atom is 0.133 e. The number of nitrogens with one attached hydrogen (secondary N) is 1. The average Bonchev–Trinajstić information content (AvgIpc) is 3.26. The van der Waals surface area contributed by atoms with Crippen LogP contribution in [0.3, 0.4) is 0 Å². The van der Waals surface area contributed by atoms with Crippen LogP contribution >= 0.6 is 0 Å². The third kappa shape index (κ3) is 2.06. The van der Waals surface area contributed by atoms with E-state index in [0.29, 0.717) is 0 Å². The van der Waals surface area contributed by atoms with E-state index >= 15 is 0 Å². The summed E-state index contributed by atoms with van der Waals surface area (Å²) in [6, 6.07) is 12.3. The van der Waals surface area contributed by atoms with Gasteiger partial charge in [0.25, 0.3) is 0 Å². The molecule has 5 rings (SSSR count). The Balaban J connectivity index is 1.76. The van der Waals surface area contributed by atoms with E-state index in [0.717, 1.165) is 47.4 Å². The van der Waals surface area contributed by atoms with E-state index in [1.165, 1.54) is 11.3 Å². The highest BCUT2D eigenvalue weighted by Crippen LogP contribution is 2.36. The molecular weight excluding hydrogens is 300 g/mol. The Labute approximate surface area is 138 Å². The molecular formula is C19H16N4O. The van der Waals surface area contributed by atoms with Gasteiger partial charge in [-0.3, -0.25) is 9.67 Å². The summed E-state index contributed by atoms with van der Waals surface area (Å²) in [5.41, 5.74) is 6.59. The minimum atomic E-state index is 0.832. The average molecular weight is 316 g/mol. The van der Waals surface area contributed by atoms with E-state index in [2.05, 4.69) is 27.1 Å². The van der Waals surface area contributed by atoms with Crippen molar-refractivity contribution >= 4 is 11.0 Å². The first-order valence-electron chi connectivity index (χ1n) is 8.08. The number of nitrogens with zero attached hydrogens (tertiary/aromatic N) is 3. The molecule has 1 aliphatic heterocycles. The van der Waals surface area contributed by atoms with Crippen molar-refractivity contribution in [2.24, 2.45) is 0 Å². The van der Waals surface area contributed by atoms with Crippen LogP contribution in [-0.4, -0.2) is 21.3 Å². The summed E-state index contributed by atoms with van der Waals surface area (Å²) in [6.45, 7) is 2.67. The third-order valence-electron chi connectivity index (χ3n) is 4.55. The molecule has 24 heavy (non-hydrogen) atoms. The molecule has 0 unspecified atom stereocenters. The lowest BCUT2D eigenvalue weighted by Crippen LogP contribution is -2.28. The molecule has 5 nitrogen and oxygen atoms in total. The Kier molecular flexibility index (Phi) is 2.99. The zero-order valence-corrected chi connectivity index (χ0v) is 13.1. The van der Waals surface area contributed by atoms with Gasteiger partial charge < -0.3 is 9.73 Å². The Hall–Kier alpha value is -2.92. The number of fused-ring (bicyclic) bond motifs is 2. The first-order valence-corrected chi connectivity index (χ1v) is 8.08. The van der Waals surface area contributed by atoms with Gasteiger partial charge in [0, 0.05) is 42.0 Å². The molecule has 0 bridgehead atoms. The number of pyridine rings is 1. The molecule has 1 N–H and O–H groups in total. The molecule has 3 aromatic heterocycles. The van der Waals surface area contributed by atoms with Gasteiger partial charge in [0.15, 0.2) is 0 Å². The van der Waals surface area contributed by atoms with Crippen LogP contribution in [0.4, 0.5) is 0 Å². The number of benzene rings is 1. The Morgan fingerprint density at radius 2 is 1.96 bits per heavy atom. The molecule has 0 spiro atoms. The lowest BCUT2D eigenvalue weighted by molar-refractivity contribution is 0.477. The number of furan rings is 1. The lowest BCUT2D eigenvalue weighted by atomic mass is 9.98. The predicted molar refractivity (Wildman–Crippen MR) is 92.4 cm³/mol. The summed E-state index contributed by atoms with van der Waals surface area (Å²) >= 11 is 0. The van der Waals surface area contributed by atoms with Crippen molar-refractivity contribution < 1.29 is 4.42 Å². The Morgan fingerprint density at radius 1 is 1.04 bits per heavy atom. The Morgan fingerprint density at radius 3 is 2.88 bits per heavy atom.